The van der Waals surface area contributed by atoms with Gasteiger partial charge in [0.15, 0.2) is 0 Å². The van der Waals surface area contributed by atoms with E-state index in [-0.39, 0.29) is 0 Å². The smallest absolute Gasteiger partial charge is 0.0993 e. The monoisotopic (exact) mass is 217 g/mol. The number of hydrogen-bond acceptors (Lipinski definition) is 4. The van der Waals surface area contributed by atoms with Gasteiger partial charge in [-0.3, -0.25) is 4.68 Å². The van der Waals surface area contributed by atoms with Crippen molar-refractivity contribution in [1.29, 1.82) is 0 Å². The SMILES string of the molecule is Cc1cc(CN)nnc1-c1cnn(C)c1C. The predicted molar refractivity (Wildman–Crippen MR) is 61.6 cm³/mol. The van der Waals surface area contributed by atoms with Crippen LogP contribution < -0.4 is 5.73 Å². The lowest BCUT2D eigenvalue weighted by molar-refractivity contribution is 0.740. The summed E-state index contributed by atoms with van der Waals surface area (Å²) in [5.41, 5.74) is 10.4. The standard InChI is InChI=1S/C11H15N5/c1-7-4-9(5-12)14-15-11(7)10-6-13-16(3)8(10)2/h4,6H,5,12H2,1-3H3. The predicted octanol–water partition coefficient (Wildman–Crippen LogP) is 0.953. The van der Waals surface area contributed by atoms with Crippen molar-refractivity contribution < 1.29 is 0 Å². The van der Waals surface area contributed by atoms with Crippen LogP contribution in [0, 0.1) is 13.8 Å². The van der Waals surface area contributed by atoms with E-state index in [1.165, 1.54) is 0 Å². The molecular formula is C11H15N5. The molecule has 5 nitrogen and oxygen atoms in total. The van der Waals surface area contributed by atoms with Crippen molar-refractivity contribution in [3.05, 3.63) is 29.2 Å². The van der Waals surface area contributed by atoms with Gasteiger partial charge in [-0.1, -0.05) is 0 Å². The Morgan fingerprint density at radius 1 is 1.31 bits per heavy atom. The van der Waals surface area contributed by atoms with Crippen LogP contribution in [0.4, 0.5) is 0 Å². The minimum absolute atomic E-state index is 0.417. The zero-order valence-electron chi connectivity index (χ0n) is 9.73. The Bertz CT molecular complexity index is 515. The molecule has 5 heteroatoms. The molecule has 0 aliphatic rings. The maximum Gasteiger partial charge on any atom is 0.0993 e. The Labute approximate surface area is 94.3 Å². The highest BCUT2D eigenvalue weighted by Gasteiger charge is 2.11. The highest BCUT2D eigenvalue weighted by Crippen LogP contribution is 2.23. The van der Waals surface area contributed by atoms with Gasteiger partial charge in [0, 0.05) is 24.8 Å². The Morgan fingerprint density at radius 3 is 2.56 bits per heavy atom. The van der Waals surface area contributed by atoms with Crippen LogP contribution in [0.3, 0.4) is 0 Å². The molecule has 0 aliphatic heterocycles. The van der Waals surface area contributed by atoms with Crippen molar-refractivity contribution in [2.75, 3.05) is 0 Å². The summed E-state index contributed by atoms with van der Waals surface area (Å²) >= 11 is 0. The molecule has 0 unspecified atom stereocenters. The maximum absolute atomic E-state index is 5.52. The third-order valence-corrected chi connectivity index (χ3v) is 2.73. The minimum atomic E-state index is 0.417. The van der Waals surface area contributed by atoms with E-state index in [4.69, 9.17) is 5.73 Å². The van der Waals surface area contributed by atoms with Gasteiger partial charge in [0.2, 0.25) is 0 Å². The van der Waals surface area contributed by atoms with E-state index in [9.17, 15) is 0 Å². The van der Waals surface area contributed by atoms with Crippen molar-refractivity contribution in [3.8, 4) is 11.3 Å². The van der Waals surface area contributed by atoms with Gasteiger partial charge < -0.3 is 5.73 Å². The summed E-state index contributed by atoms with van der Waals surface area (Å²) in [5, 5.41) is 12.5. The molecule has 2 rings (SSSR count). The summed E-state index contributed by atoms with van der Waals surface area (Å²) < 4.78 is 1.83. The fourth-order valence-electron chi connectivity index (χ4n) is 1.64. The summed E-state index contributed by atoms with van der Waals surface area (Å²) in [7, 11) is 1.91. The number of nitrogens with zero attached hydrogens (tertiary/aromatic N) is 4. The summed E-state index contributed by atoms with van der Waals surface area (Å²) in [6.45, 7) is 4.44. The molecule has 84 valence electrons. The van der Waals surface area contributed by atoms with Crippen LogP contribution in [0.25, 0.3) is 11.3 Å². The first kappa shape index (κ1) is 10.8. The third kappa shape index (κ3) is 1.69. The number of rotatable bonds is 2. The highest BCUT2D eigenvalue weighted by molar-refractivity contribution is 5.64. The van der Waals surface area contributed by atoms with Crippen LogP contribution in [0.15, 0.2) is 12.3 Å². The summed E-state index contributed by atoms with van der Waals surface area (Å²) in [4.78, 5) is 0. The molecule has 0 aromatic carbocycles. The zero-order valence-corrected chi connectivity index (χ0v) is 9.73. The molecule has 2 heterocycles. The average molecular weight is 217 g/mol. The highest BCUT2D eigenvalue weighted by atomic mass is 15.3. The van der Waals surface area contributed by atoms with E-state index in [0.29, 0.717) is 6.54 Å². The quantitative estimate of drug-likeness (QED) is 0.813. The molecule has 2 aromatic rings. The van der Waals surface area contributed by atoms with Crippen LogP contribution in [-0.2, 0) is 13.6 Å². The normalized spacial score (nSPS) is 10.8. The van der Waals surface area contributed by atoms with Crippen molar-refractivity contribution in [1.82, 2.24) is 20.0 Å². The molecule has 2 aromatic heterocycles. The minimum Gasteiger partial charge on any atom is -0.325 e. The van der Waals surface area contributed by atoms with Crippen molar-refractivity contribution in [3.63, 3.8) is 0 Å². The van der Waals surface area contributed by atoms with E-state index in [2.05, 4.69) is 15.3 Å². The molecule has 0 radical (unpaired) electrons. The zero-order chi connectivity index (χ0) is 11.7. The number of aromatic nitrogens is 4. The van der Waals surface area contributed by atoms with E-state index in [1.807, 2.05) is 37.8 Å². The Hall–Kier alpha value is -1.75. The molecule has 0 spiro atoms. The molecule has 0 fully saturated rings. The fourth-order valence-corrected chi connectivity index (χ4v) is 1.64. The van der Waals surface area contributed by atoms with Gasteiger partial charge in [0.1, 0.15) is 0 Å². The lowest BCUT2D eigenvalue weighted by atomic mass is 10.1. The van der Waals surface area contributed by atoms with Gasteiger partial charge in [-0.05, 0) is 25.5 Å². The van der Waals surface area contributed by atoms with Gasteiger partial charge >= 0.3 is 0 Å². The van der Waals surface area contributed by atoms with Crippen LogP contribution >= 0.6 is 0 Å². The Morgan fingerprint density at radius 2 is 2.06 bits per heavy atom. The molecule has 0 saturated carbocycles. The molecule has 0 bridgehead atoms. The van der Waals surface area contributed by atoms with Crippen molar-refractivity contribution >= 4 is 0 Å². The fraction of sp³-hybridized carbons (Fsp3) is 0.364. The van der Waals surface area contributed by atoms with Gasteiger partial charge in [-0.15, -0.1) is 5.10 Å². The molecule has 2 N–H and O–H groups in total. The first-order valence-electron chi connectivity index (χ1n) is 5.15. The number of aryl methyl sites for hydroxylation is 2. The second-order valence-electron chi connectivity index (χ2n) is 3.84. The Kier molecular flexibility index (Phi) is 2.70. The van der Waals surface area contributed by atoms with Crippen LogP contribution in [0.1, 0.15) is 17.0 Å². The number of nitrogens with two attached hydrogens (primary N) is 1. The van der Waals surface area contributed by atoms with Crippen LogP contribution in [-0.4, -0.2) is 20.0 Å². The first-order chi connectivity index (χ1) is 7.63. The summed E-state index contributed by atoms with van der Waals surface area (Å²) in [6.07, 6.45) is 1.81. The van der Waals surface area contributed by atoms with Crippen molar-refractivity contribution in [2.24, 2.45) is 12.8 Å². The average Bonchev–Trinajstić information content (AvgIpc) is 2.60. The van der Waals surface area contributed by atoms with Gasteiger partial charge in [-0.2, -0.15) is 10.2 Å². The van der Waals surface area contributed by atoms with Gasteiger partial charge in [0.25, 0.3) is 0 Å². The summed E-state index contributed by atoms with van der Waals surface area (Å²) in [6, 6.07) is 1.97. The second kappa shape index (κ2) is 4.02. The van der Waals surface area contributed by atoms with E-state index >= 15 is 0 Å². The number of hydrogen-bond donors (Lipinski definition) is 1. The van der Waals surface area contributed by atoms with Gasteiger partial charge in [-0.25, -0.2) is 0 Å². The maximum atomic E-state index is 5.52. The Balaban J connectivity index is 2.52. The lowest BCUT2D eigenvalue weighted by Crippen LogP contribution is -2.03. The van der Waals surface area contributed by atoms with Crippen LogP contribution in [0.5, 0.6) is 0 Å². The third-order valence-electron chi connectivity index (χ3n) is 2.73. The lowest BCUT2D eigenvalue weighted by Gasteiger charge is -2.04. The first-order valence-corrected chi connectivity index (χ1v) is 5.15. The van der Waals surface area contributed by atoms with E-state index in [0.717, 1.165) is 28.2 Å². The second-order valence-corrected chi connectivity index (χ2v) is 3.84. The van der Waals surface area contributed by atoms with Gasteiger partial charge in [0.05, 0.1) is 17.6 Å². The summed E-state index contributed by atoms with van der Waals surface area (Å²) in [5.74, 6) is 0. The molecule has 0 aliphatic carbocycles. The molecule has 0 saturated heterocycles. The van der Waals surface area contributed by atoms with E-state index < -0.39 is 0 Å². The molecular weight excluding hydrogens is 202 g/mol. The molecule has 0 atom stereocenters. The molecule has 16 heavy (non-hydrogen) atoms. The van der Waals surface area contributed by atoms with Crippen molar-refractivity contribution in [2.45, 2.75) is 20.4 Å². The molecule has 0 amide bonds. The van der Waals surface area contributed by atoms with Crippen LogP contribution in [0.2, 0.25) is 0 Å². The van der Waals surface area contributed by atoms with E-state index in [1.54, 1.807) is 0 Å². The topological polar surface area (TPSA) is 69.6 Å². The largest absolute Gasteiger partial charge is 0.325 e.